The van der Waals surface area contributed by atoms with E-state index < -0.39 is 0 Å². The molecule has 2 amide bonds. The first-order valence-corrected chi connectivity index (χ1v) is 12.2. The Labute approximate surface area is 202 Å². The van der Waals surface area contributed by atoms with Crippen LogP contribution >= 0.6 is 0 Å². The summed E-state index contributed by atoms with van der Waals surface area (Å²) in [5.74, 6) is 0.480. The first-order valence-electron chi connectivity index (χ1n) is 12.2. The zero-order chi connectivity index (χ0) is 24.3. The third-order valence-corrected chi connectivity index (χ3v) is 6.09. The van der Waals surface area contributed by atoms with Crippen LogP contribution in [0.1, 0.15) is 54.6 Å². The summed E-state index contributed by atoms with van der Waals surface area (Å²) in [7, 11) is 0. The number of hydrogen-bond acceptors (Lipinski definition) is 5. The molecular weight excluding hydrogens is 430 g/mol. The molecule has 0 aliphatic carbocycles. The van der Waals surface area contributed by atoms with E-state index in [-0.39, 0.29) is 36.9 Å². The van der Waals surface area contributed by atoms with Crippen LogP contribution in [0.15, 0.2) is 48.5 Å². The molecule has 3 N–H and O–H groups in total. The number of rotatable bonds is 6. The predicted molar refractivity (Wildman–Crippen MR) is 133 cm³/mol. The minimum Gasteiger partial charge on any atom is -0.493 e. The average Bonchev–Trinajstić information content (AvgIpc) is 2.83. The lowest BCUT2D eigenvalue weighted by atomic mass is 10.0. The van der Waals surface area contributed by atoms with Crippen LogP contribution in [0.5, 0.6) is 5.75 Å². The molecule has 1 heterocycles. The van der Waals surface area contributed by atoms with Crippen molar-refractivity contribution < 1.29 is 19.4 Å². The van der Waals surface area contributed by atoms with Gasteiger partial charge in [-0.2, -0.15) is 0 Å². The van der Waals surface area contributed by atoms with Crippen LogP contribution in [0.4, 0.5) is 0 Å². The summed E-state index contributed by atoms with van der Waals surface area (Å²) in [6.07, 6.45) is 2.73. The molecule has 0 saturated heterocycles. The number of ether oxygens (including phenoxy) is 1. The second-order valence-electron chi connectivity index (χ2n) is 9.18. The van der Waals surface area contributed by atoms with Crippen molar-refractivity contribution in [3.8, 4) is 5.75 Å². The molecule has 0 bridgehead atoms. The van der Waals surface area contributed by atoms with Gasteiger partial charge in [0.25, 0.3) is 5.91 Å². The second kappa shape index (κ2) is 13.1. The molecule has 0 aromatic heterocycles. The summed E-state index contributed by atoms with van der Waals surface area (Å²) in [6, 6.07) is 15.1. The van der Waals surface area contributed by atoms with Gasteiger partial charge in [-0.3, -0.25) is 14.5 Å². The number of carbonyl (C=O) groups is 2. The number of aliphatic hydroxyl groups excluding tert-OH is 1. The largest absolute Gasteiger partial charge is 0.493 e. The molecule has 0 spiro atoms. The summed E-state index contributed by atoms with van der Waals surface area (Å²) in [4.78, 5) is 28.0. The van der Waals surface area contributed by atoms with Crippen LogP contribution in [0.3, 0.4) is 0 Å². The van der Waals surface area contributed by atoms with Crippen LogP contribution in [-0.4, -0.2) is 54.2 Å². The minimum atomic E-state index is -0.342. The van der Waals surface area contributed by atoms with Crippen molar-refractivity contribution in [1.82, 2.24) is 15.5 Å². The van der Waals surface area contributed by atoms with E-state index in [1.807, 2.05) is 61.2 Å². The van der Waals surface area contributed by atoms with Gasteiger partial charge in [0.1, 0.15) is 5.75 Å². The Morgan fingerprint density at radius 1 is 1.09 bits per heavy atom. The number of hydrogen-bond donors (Lipinski definition) is 3. The van der Waals surface area contributed by atoms with E-state index >= 15 is 0 Å². The third kappa shape index (κ3) is 7.57. The second-order valence-corrected chi connectivity index (χ2v) is 9.18. The predicted octanol–water partition coefficient (Wildman–Crippen LogP) is 3.11. The van der Waals surface area contributed by atoms with Gasteiger partial charge in [-0.05, 0) is 42.9 Å². The fourth-order valence-electron chi connectivity index (χ4n) is 4.05. The summed E-state index contributed by atoms with van der Waals surface area (Å²) < 4.78 is 6.13. The molecule has 1 aliphatic heterocycles. The van der Waals surface area contributed by atoms with Gasteiger partial charge in [-0.1, -0.05) is 50.2 Å². The number of fused-ring (bicyclic) bond motifs is 1. The first kappa shape index (κ1) is 25.7. The summed E-state index contributed by atoms with van der Waals surface area (Å²) >= 11 is 0. The van der Waals surface area contributed by atoms with E-state index in [1.54, 1.807) is 6.07 Å². The van der Waals surface area contributed by atoms with E-state index in [9.17, 15) is 14.7 Å². The van der Waals surface area contributed by atoms with E-state index in [1.165, 1.54) is 0 Å². The number of aliphatic hydroxyl groups is 1. The SMILES string of the molecule is CC(C)[C@@H](CO)NC(=O)c1cccc2c1CN(Cc1ccccc1)CC(=O)NCCCCCO2. The van der Waals surface area contributed by atoms with Crippen molar-refractivity contribution >= 4 is 11.8 Å². The van der Waals surface area contributed by atoms with Crippen LogP contribution in [0.2, 0.25) is 0 Å². The highest BCUT2D eigenvalue weighted by Crippen LogP contribution is 2.26. The van der Waals surface area contributed by atoms with E-state index in [4.69, 9.17) is 4.74 Å². The molecule has 7 heteroatoms. The average molecular weight is 468 g/mol. The highest BCUT2D eigenvalue weighted by atomic mass is 16.5. The lowest BCUT2D eigenvalue weighted by Crippen LogP contribution is -2.42. The Hall–Kier alpha value is -2.90. The number of carbonyl (C=O) groups excluding carboxylic acids is 2. The molecule has 0 fully saturated rings. The molecule has 3 rings (SSSR count). The number of benzene rings is 2. The zero-order valence-corrected chi connectivity index (χ0v) is 20.3. The molecule has 2 aromatic rings. The smallest absolute Gasteiger partial charge is 0.252 e. The fourth-order valence-corrected chi connectivity index (χ4v) is 4.05. The number of nitrogens with one attached hydrogen (secondary N) is 2. The lowest BCUT2D eigenvalue weighted by molar-refractivity contribution is -0.122. The van der Waals surface area contributed by atoms with Crippen LogP contribution in [0, 0.1) is 5.92 Å². The van der Waals surface area contributed by atoms with E-state index in [0.29, 0.717) is 37.6 Å². The van der Waals surface area contributed by atoms with Gasteiger partial charge in [0.05, 0.1) is 25.8 Å². The van der Waals surface area contributed by atoms with Crippen molar-refractivity contribution in [2.75, 3.05) is 26.3 Å². The molecular formula is C27H37N3O4. The summed E-state index contributed by atoms with van der Waals surface area (Å²) in [5, 5.41) is 15.7. The lowest BCUT2D eigenvalue weighted by Gasteiger charge is -2.26. The van der Waals surface area contributed by atoms with Gasteiger partial charge in [0.15, 0.2) is 0 Å². The summed E-state index contributed by atoms with van der Waals surface area (Å²) in [6.45, 7) is 6.16. The van der Waals surface area contributed by atoms with Gasteiger partial charge in [0.2, 0.25) is 5.91 Å². The molecule has 0 saturated carbocycles. The monoisotopic (exact) mass is 467 g/mol. The van der Waals surface area contributed by atoms with Gasteiger partial charge < -0.3 is 20.5 Å². The molecule has 0 unspecified atom stereocenters. The maximum Gasteiger partial charge on any atom is 0.252 e. The Kier molecular flexibility index (Phi) is 9.91. The Bertz CT molecular complexity index is 933. The zero-order valence-electron chi connectivity index (χ0n) is 20.3. The molecule has 2 aromatic carbocycles. The van der Waals surface area contributed by atoms with Gasteiger partial charge in [-0.25, -0.2) is 0 Å². The van der Waals surface area contributed by atoms with Crippen molar-refractivity contribution in [3.63, 3.8) is 0 Å². The fraction of sp³-hybridized carbons (Fsp3) is 0.481. The van der Waals surface area contributed by atoms with Crippen molar-refractivity contribution in [2.45, 2.75) is 52.2 Å². The van der Waals surface area contributed by atoms with Crippen LogP contribution < -0.4 is 15.4 Å². The van der Waals surface area contributed by atoms with Crippen molar-refractivity contribution in [1.29, 1.82) is 0 Å². The molecule has 7 nitrogen and oxygen atoms in total. The Balaban J connectivity index is 1.95. The van der Waals surface area contributed by atoms with Crippen LogP contribution in [0.25, 0.3) is 0 Å². The third-order valence-electron chi connectivity index (χ3n) is 6.09. The molecule has 1 aliphatic rings. The molecule has 34 heavy (non-hydrogen) atoms. The number of amides is 2. The maximum atomic E-state index is 13.3. The molecule has 1 atom stereocenters. The highest BCUT2D eigenvalue weighted by molar-refractivity contribution is 5.96. The summed E-state index contributed by atoms with van der Waals surface area (Å²) in [5.41, 5.74) is 2.34. The van der Waals surface area contributed by atoms with Crippen molar-refractivity contribution in [2.24, 2.45) is 5.92 Å². The van der Waals surface area contributed by atoms with E-state index in [0.717, 1.165) is 30.4 Å². The van der Waals surface area contributed by atoms with Gasteiger partial charge >= 0.3 is 0 Å². The Morgan fingerprint density at radius 3 is 2.62 bits per heavy atom. The van der Waals surface area contributed by atoms with Crippen LogP contribution in [-0.2, 0) is 17.9 Å². The van der Waals surface area contributed by atoms with Gasteiger partial charge in [0, 0.05) is 30.8 Å². The quantitative estimate of drug-likeness (QED) is 0.607. The topological polar surface area (TPSA) is 90.9 Å². The van der Waals surface area contributed by atoms with Gasteiger partial charge in [-0.15, -0.1) is 0 Å². The molecule has 0 radical (unpaired) electrons. The normalized spacial score (nSPS) is 16.8. The Morgan fingerprint density at radius 2 is 1.88 bits per heavy atom. The van der Waals surface area contributed by atoms with Crippen molar-refractivity contribution in [3.05, 3.63) is 65.2 Å². The maximum absolute atomic E-state index is 13.3. The highest BCUT2D eigenvalue weighted by Gasteiger charge is 2.23. The minimum absolute atomic E-state index is 0.0280. The number of nitrogens with zero attached hydrogens (tertiary/aromatic N) is 1. The molecule has 184 valence electrons. The first-order chi connectivity index (χ1) is 16.5. The standard InChI is InChI=1S/C27H37N3O4/c1-20(2)24(19-31)29-27(33)22-12-9-13-25-23(22)17-30(16-21-10-5-3-6-11-21)18-26(32)28-14-7-4-8-15-34-25/h3,5-6,9-13,20,24,31H,4,7-8,14-19H2,1-2H3,(H,28,32)(H,29,33)/t24-/m1/s1. The van der Waals surface area contributed by atoms with E-state index in [2.05, 4.69) is 10.6 Å².